The molecule has 0 spiro atoms. The molecule has 35 heavy (non-hydrogen) atoms. The van der Waals surface area contributed by atoms with E-state index in [-0.39, 0.29) is 26.4 Å². The average molecular weight is 501 g/mol. The molecule has 0 radical (unpaired) electrons. The van der Waals surface area contributed by atoms with Gasteiger partial charge in [-0.3, -0.25) is 0 Å². The quantitative estimate of drug-likeness (QED) is 0.232. The van der Waals surface area contributed by atoms with Crippen LogP contribution in [0.25, 0.3) is 0 Å². The number of aliphatic hydroxyl groups is 4. The van der Waals surface area contributed by atoms with Crippen molar-refractivity contribution in [1.82, 2.24) is 0 Å². The molecule has 3 rings (SSSR count). The predicted octanol–water partition coefficient (Wildman–Crippen LogP) is 4.56. The summed E-state index contributed by atoms with van der Waals surface area (Å²) in [6.45, 7) is 6.19. The first-order chi connectivity index (χ1) is 17.0. The van der Waals surface area contributed by atoms with Crippen LogP contribution in [0.4, 0.5) is 0 Å². The molecule has 8 atom stereocenters. The van der Waals surface area contributed by atoms with E-state index in [1.54, 1.807) is 0 Å². The van der Waals surface area contributed by atoms with Gasteiger partial charge in [-0.25, -0.2) is 0 Å². The van der Waals surface area contributed by atoms with E-state index < -0.39 is 12.2 Å². The lowest BCUT2D eigenvalue weighted by Crippen LogP contribution is -2.20. The van der Waals surface area contributed by atoms with Crippen molar-refractivity contribution < 1.29 is 29.9 Å². The number of aliphatic hydroxyl groups excluding tert-OH is 4. The number of fused-ring (bicyclic) bond motifs is 1. The number of hydrogen-bond donors (Lipinski definition) is 4. The summed E-state index contributed by atoms with van der Waals surface area (Å²) in [5, 5.41) is 35.5. The smallest absolute Gasteiger partial charge is 0.100 e. The Bertz CT molecular complexity index is 517. The van der Waals surface area contributed by atoms with Crippen molar-refractivity contribution in [3.8, 4) is 0 Å². The van der Waals surface area contributed by atoms with Gasteiger partial charge >= 0.3 is 0 Å². The van der Waals surface area contributed by atoms with Crippen molar-refractivity contribution in [3.05, 3.63) is 0 Å². The molecule has 0 heterocycles. The number of rotatable bonds is 16. The minimum atomic E-state index is -0.713. The summed E-state index contributed by atoms with van der Waals surface area (Å²) >= 11 is 0. The van der Waals surface area contributed by atoms with Crippen molar-refractivity contribution >= 4 is 0 Å². The van der Waals surface area contributed by atoms with Crippen LogP contribution in [0.3, 0.4) is 0 Å². The van der Waals surface area contributed by atoms with Gasteiger partial charge in [0.1, 0.15) is 12.2 Å². The summed E-state index contributed by atoms with van der Waals surface area (Å²) in [6, 6.07) is 0. The molecule has 8 unspecified atom stereocenters. The SMILES string of the molecule is CCC1CC(CCCOCC(O)CO)C2CCCC12.CCC1CCC(CCCOCC(O)CO)C1. The third-order valence-electron chi connectivity index (χ3n) is 9.00. The van der Waals surface area contributed by atoms with Crippen LogP contribution in [-0.2, 0) is 9.47 Å². The lowest BCUT2D eigenvalue weighted by atomic mass is 9.88. The normalized spacial score (nSPS) is 31.7. The zero-order valence-corrected chi connectivity index (χ0v) is 22.7. The summed E-state index contributed by atoms with van der Waals surface area (Å²) in [4.78, 5) is 0. The lowest BCUT2D eigenvalue weighted by Gasteiger charge is -2.18. The van der Waals surface area contributed by atoms with Gasteiger partial charge in [0, 0.05) is 13.2 Å². The van der Waals surface area contributed by atoms with E-state index in [2.05, 4.69) is 13.8 Å². The van der Waals surface area contributed by atoms with Gasteiger partial charge in [-0.05, 0) is 86.9 Å². The summed E-state index contributed by atoms with van der Waals surface area (Å²) in [7, 11) is 0. The van der Waals surface area contributed by atoms with Crippen LogP contribution in [0.5, 0.6) is 0 Å². The van der Waals surface area contributed by atoms with E-state index in [0.29, 0.717) is 6.61 Å². The molecule has 0 aromatic heterocycles. The van der Waals surface area contributed by atoms with Gasteiger partial charge in [0.25, 0.3) is 0 Å². The van der Waals surface area contributed by atoms with Crippen molar-refractivity contribution in [2.75, 3.05) is 39.6 Å². The fourth-order valence-electron chi connectivity index (χ4n) is 7.01. The van der Waals surface area contributed by atoms with Crippen molar-refractivity contribution in [1.29, 1.82) is 0 Å². The summed E-state index contributed by atoms with van der Waals surface area (Å²) in [5.74, 6) is 5.78. The van der Waals surface area contributed by atoms with Gasteiger partial charge in [0.15, 0.2) is 0 Å². The first kappa shape index (κ1) is 31.0. The predicted molar refractivity (Wildman–Crippen MR) is 140 cm³/mol. The molecule has 6 nitrogen and oxygen atoms in total. The van der Waals surface area contributed by atoms with Crippen LogP contribution < -0.4 is 0 Å². The third kappa shape index (κ3) is 11.4. The Labute approximate surface area is 214 Å². The first-order valence-electron chi connectivity index (χ1n) is 14.7. The molecule has 0 aliphatic heterocycles. The molecule has 0 aromatic carbocycles. The highest BCUT2D eigenvalue weighted by Crippen LogP contribution is 2.53. The Hall–Kier alpha value is -0.240. The molecule has 0 amide bonds. The second kappa shape index (κ2) is 18.1. The molecular formula is C29H56O6. The van der Waals surface area contributed by atoms with Gasteiger partial charge in [-0.1, -0.05) is 46.0 Å². The Morgan fingerprint density at radius 2 is 1.26 bits per heavy atom. The topological polar surface area (TPSA) is 99.4 Å². The second-order valence-electron chi connectivity index (χ2n) is 11.5. The molecule has 3 aliphatic rings. The maximum Gasteiger partial charge on any atom is 0.100 e. The van der Waals surface area contributed by atoms with Crippen LogP contribution in [-0.4, -0.2) is 72.3 Å². The highest BCUT2D eigenvalue weighted by atomic mass is 16.5. The van der Waals surface area contributed by atoms with Gasteiger partial charge in [-0.2, -0.15) is 0 Å². The average Bonchev–Trinajstić information content (AvgIpc) is 3.61. The van der Waals surface area contributed by atoms with E-state index in [4.69, 9.17) is 24.8 Å². The Kier molecular flexibility index (Phi) is 16.0. The van der Waals surface area contributed by atoms with Gasteiger partial charge in [-0.15, -0.1) is 0 Å². The molecule has 0 bridgehead atoms. The Morgan fingerprint density at radius 1 is 0.686 bits per heavy atom. The second-order valence-corrected chi connectivity index (χ2v) is 11.5. The van der Waals surface area contributed by atoms with E-state index >= 15 is 0 Å². The molecule has 0 saturated heterocycles. The van der Waals surface area contributed by atoms with E-state index in [1.807, 2.05) is 0 Å². The van der Waals surface area contributed by atoms with Crippen LogP contribution in [0.2, 0.25) is 0 Å². The van der Waals surface area contributed by atoms with Crippen LogP contribution >= 0.6 is 0 Å². The van der Waals surface area contributed by atoms with E-state index in [1.165, 1.54) is 70.6 Å². The molecule has 6 heteroatoms. The zero-order valence-electron chi connectivity index (χ0n) is 22.7. The molecule has 208 valence electrons. The number of ether oxygens (including phenoxy) is 2. The van der Waals surface area contributed by atoms with Crippen LogP contribution in [0, 0.1) is 35.5 Å². The highest BCUT2D eigenvalue weighted by Gasteiger charge is 2.43. The fourth-order valence-corrected chi connectivity index (χ4v) is 7.01. The lowest BCUT2D eigenvalue weighted by molar-refractivity contribution is 0.00431. The van der Waals surface area contributed by atoms with Gasteiger partial charge in [0.2, 0.25) is 0 Å². The Balaban J connectivity index is 0.000000251. The molecule has 3 saturated carbocycles. The van der Waals surface area contributed by atoms with E-state index in [9.17, 15) is 5.11 Å². The van der Waals surface area contributed by atoms with Crippen molar-refractivity contribution in [2.24, 2.45) is 35.5 Å². The molecule has 3 fully saturated rings. The molecule has 3 aliphatic carbocycles. The summed E-state index contributed by atoms with van der Waals surface area (Å²) in [6.07, 6.45) is 16.0. The van der Waals surface area contributed by atoms with Crippen LogP contribution in [0.15, 0.2) is 0 Å². The van der Waals surface area contributed by atoms with Crippen molar-refractivity contribution in [3.63, 3.8) is 0 Å². The van der Waals surface area contributed by atoms with Gasteiger partial charge < -0.3 is 29.9 Å². The highest BCUT2D eigenvalue weighted by molar-refractivity contribution is 4.93. The van der Waals surface area contributed by atoms with E-state index in [0.717, 1.165) is 55.0 Å². The maximum atomic E-state index is 9.18. The monoisotopic (exact) mass is 500 g/mol. The zero-order chi connectivity index (χ0) is 25.5. The summed E-state index contributed by atoms with van der Waals surface area (Å²) in [5.41, 5.74) is 0. The molecule has 0 aromatic rings. The van der Waals surface area contributed by atoms with Crippen LogP contribution in [0.1, 0.15) is 97.3 Å². The van der Waals surface area contributed by atoms with Gasteiger partial charge in [0.05, 0.1) is 26.4 Å². The minimum absolute atomic E-state index is 0.204. The Morgan fingerprint density at radius 3 is 1.80 bits per heavy atom. The fraction of sp³-hybridized carbons (Fsp3) is 1.00. The first-order valence-corrected chi connectivity index (χ1v) is 14.7. The number of hydrogen-bond acceptors (Lipinski definition) is 6. The maximum absolute atomic E-state index is 9.18. The standard InChI is InChI=1S/C16H30O3.C13H26O3/c1-2-12-9-13(16-7-3-6-15(12)16)5-4-8-19-11-14(18)10-17;1-2-11-5-6-12(8-11)4-3-7-16-10-13(15)9-14/h12-18H,2-11H2,1H3;11-15H,2-10H2,1H3. The van der Waals surface area contributed by atoms with Crippen molar-refractivity contribution in [2.45, 2.75) is 110 Å². The summed E-state index contributed by atoms with van der Waals surface area (Å²) < 4.78 is 10.7. The molecular weight excluding hydrogens is 444 g/mol. The third-order valence-corrected chi connectivity index (χ3v) is 9.00. The largest absolute Gasteiger partial charge is 0.394 e. The minimum Gasteiger partial charge on any atom is -0.394 e. The molecule has 4 N–H and O–H groups in total.